The molecule has 2 aromatic rings. The number of hydrogen-bond acceptors (Lipinski definition) is 7. The van der Waals surface area contributed by atoms with Crippen LogP contribution >= 0.6 is 0 Å². The maximum Gasteiger partial charge on any atom is 0.247 e. The summed E-state index contributed by atoms with van der Waals surface area (Å²) in [6, 6.07) is 3.18. The van der Waals surface area contributed by atoms with Crippen molar-refractivity contribution in [1.82, 2.24) is 19.8 Å². The Kier molecular flexibility index (Phi) is 9.42. The Morgan fingerprint density at radius 1 is 1.08 bits per heavy atom. The average molecular weight is 517 g/mol. The molecule has 2 heterocycles. The number of nitrogens with zero attached hydrogens (tertiary/aromatic N) is 3. The van der Waals surface area contributed by atoms with Crippen LogP contribution in [-0.4, -0.2) is 78.9 Å². The summed E-state index contributed by atoms with van der Waals surface area (Å²) < 4.78 is 24.4. The smallest absolute Gasteiger partial charge is 0.247 e. The van der Waals surface area contributed by atoms with Crippen LogP contribution in [0.25, 0.3) is 0 Å². The average Bonchev–Trinajstić information content (AvgIpc) is 3.32. The third kappa shape index (κ3) is 7.38. The Balaban J connectivity index is 1.68. The van der Waals surface area contributed by atoms with Gasteiger partial charge in [-0.05, 0) is 51.3 Å². The zero-order chi connectivity index (χ0) is 27.2. The molecule has 1 atom stereocenters. The van der Waals surface area contributed by atoms with Gasteiger partial charge in [-0.3, -0.25) is 9.59 Å². The number of carbonyl (C=O) groups excluding carboxylic acids is 2. The number of likely N-dealkylation sites (tertiary alicyclic amines) is 1. The molecule has 0 bridgehead atoms. The van der Waals surface area contributed by atoms with Crippen LogP contribution in [0, 0.1) is 0 Å². The summed E-state index contributed by atoms with van der Waals surface area (Å²) >= 11 is 0. The summed E-state index contributed by atoms with van der Waals surface area (Å²) in [5.41, 5.74) is 0.595. The van der Waals surface area contributed by atoms with Crippen LogP contribution in [0.1, 0.15) is 57.8 Å². The van der Waals surface area contributed by atoms with Gasteiger partial charge in [-0.15, -0.1) is 0 Å². The summed E-state index contributed by atoms with van der Waals surface area (Å²) in [4.78, 5) is 31.4. The highest BCUT2D eigenvalue weighted by Crippen LogP contribution is 2.38. The first-order valence-electron chi connectivity index (χ1n) is 12.6. The third-order valence-corrected chi connectivity index (χ3v) is 6.36. The van der Waals surface area contributed by atoms with Crippen LogP contribution in [0.5, 0.6) is 17.2 Å². The van der Waals surface area contributed by atoms with Gasteiger partial charge in [-0.1, -0.05) is 0 Å². The van der Waals surface area contributed by atoms with Crippen molar-refractivity contribution in [2.45, 2.75) is 64.6 Å². The maximum absolute atomic E-state index is 13.2. The lowest BCUT2D eigenvalue weighted by atomic mass is 9.95. The summed E-state index contributed by atoms with van der Waals surface area (Å²) in [7, 11) is 4.79. The topological polar surface area (TPSA) is 104 Å². The van der Waals surface area contributed by atoms with E-state index in [0.717, 1.165) is 24.2 Å². The van der Waals surface area contributed by atoms with Crippen molar-refractivity contribution >= 4 is 11.8 Å². The molecule has 37 heavy (non-hydrogen) atoms. The first kappa shape index (κ1) is 28.3. The monoisotopic (exact) mass is 516 g/mol. The van der Waals surface area contributed by atoms with Gasteiger partial charge in [0.15, 0.2) is 11.5 Å². The molecule has 2 amide bonds. The first-order valence-corrected chi connectivity index (χ1v) is 12.6. The predicted octanol–water partition coefficient (Wildman–Crippen LogP) is 2.98. The Morgan fingerprint density at radius 3 is 2.22 bits per heavy atom. The van der Waals surface area contributed by atoms with Gasteiger partial charge in [-0.2, -0.15) is 0 Å². The molecule has 0 saturated carbocycles. The number of nitrogens with one attached hydrogen (secondary N) is 1. The number of amides is 2. The largest absolute Gasteiger partial charge is 0.493 e. The van der Waals surface area contributed by atoms with Crippen molar-refractivity contribution in [2.24, 2.45) is 0 Å². The van der Waals surface area contributed by atoms with E-state index in [4.69, 9.17) is 18.9 Å². The quantitative estimate of drug-likeness (QED) is 0.518. The molecule has 1 aliphatic heterocycles. The summed E-state index contributed by atoms with van der Waals surface area (Å²) in [5, 5.41) is 2.75. The lowest BCUT2D eigenvalue weighted by molar-refractivity contribution is -0.140. The Morgan fingerprint density at radius 2 is 1.70 bits per heavy atom. The molecular formula is C27H40N4O6. The number of ether oxygens (including phenoxy) is 4. The van der Waals surface area contributed by atoms with E-state index in [1.54, 1.807) is 21.3 Å². The SMILES string of the molecule is COc1cc(Cn2ccnc2C2CCN(C(=O)C(COC(C)(C)C)NC(C)=O)CC2)cc(OC)c1OC. The molecule has 1 aromatic heterocycles. The van der Waals surface area contributed by atoms with Crippen LogP contribution in [0.2, 0.25) is 0 Å². The zero-order valence-electron chi connectivity index (χ0n) is 23.0. The van der Waals surface area contributed by atoms with Crippen LogP contribution in [0.4, 0.5) is 0 Å². The van der Waals surface area contributed by atoms with Gasteiger partial charge in [-0.25, -0.2) is 4.98 Å². The second kappa shape index (κ2) is 12.3. The molecule has 1 aliphatic rings. The molecule has 1 unspecified atom stereocenters. The summed E-state index contributed by atoms with van der Waals surface area (Å²) in [5.74, 6) is 2.60. The Bertz CT molecular complexity index is 1040. The van der Waals surface area contributed by atoms with Gasteiger partial charge >= 0.3 is 0 Å². The fraction of sp³-hybridized carbons (Fsp3) is 0.593. The Hall–Kier alpha value is -3.27. The lowest BCUT2D eigenvalue weighted by Crippen LogP contribution is -2.53. The second-order valence-electron chi connectivity index (χ2n) is 10.2. The lowest BCUT2D eigenvalue weighted by Gasteiger charge is -2.35. The molecule has 1 N–H and O–H groups in total. The number of piperidine rings is 1. The molecule has 10 heteroatoms. The molecule has 3 rings (SSSR count). The van der Waals surface area contributed by atoms with E-state index in [0.29, 0.717) is 36.9 Å². The normalized spacial score (nSPS) is 15.3. The highest BCUT2D eigenvalue weighted by molar-refractivity contribution is 5.87. The standard InChI is InChI=1S/C27H40N4O6/c1-18(32)29-21(17-37-27(2,3)4)26(33)30-11-8-20(9-12-30)25-28-10-13-31(25)16-19-14-22(34-5)24(36-7)23(15-19)35-6/h10,13-15,20-21H,8-9,11-12,16-17H2,1-7H3,(H,29,32). The fourth-order valence-corrected chi connectivity index (χ4v) is 4.57. The van der Waals surface area contributed by atoms with Crippen molar-refractivity contribution in [2.75, 3.05) is 41.0 Å². The van der Waals surface area contributed by atoms with Gasteiger partial charge in [0.05, 0.1) is 33.5 Å². The fourth-order valence-electron chi connectivity index (χ4n) is 4.57. The number of methoxy groups -OCH3 is 3. The third-order valence-electron chi connectivity index (χ3n) is 6.36. The van der Waals surface area contributed by atoms with E-state index < -0.39 is 11.6 Å². The molecule has 0 radical (unpaired) electrons. The van der Waals surface area contributed by atoms with E-state index in [9.17, 15) is 9.59 Å². The van der Waals surface area contributed by atoms with Crippen LogP contribution < -0.4 is 19.5 Å². The number of hydrogen-bond donors (Lipinski definition) is 1. The molecular weight excluding hydrogens is 476 g/mol. The number of rotatable bonds is 10. The van der Waals surface area contributed by atoms with Crippen molar-refractivity contribution in [1.29, 1.82) is 0 Å². The Labute approximate surface area is 219 Å². The van der Waals surface area contributed by atoms with Crippen molar-refractivity contribution < 1.29 is 28.5 Å². The maximum atomic E-state index is 13.2. The minimum atomic E-state index is -0.699. The molecule has 1 fully saturated rings. The second-order valence-corrected chi connectivity index (χ2v) is 10.2. The van der Waals surface area contributed by atoms with Crippen LogP contribution in [0.3, 0.4) is 0 Å². The summed E-state index contributed by atoms with van der Waals surface area (Å²) in [6.45, 7) is 9.10. The van der Waals surface area contributed by atoms with E-state index in [1.165, 1.54) is 6.92 Å². The highest BCUT2D eigenvalue weighted by atomic mass is 16.5. The molecule has 1 saturated heterocycles. The van der Waals surface area contributed by atoms with Gasteiger partial charge in [0.1, 0.15) is 11.9 Å². The molecule has 204 valence electrons. The van der Waals surface area contributed by atoms with Gasteiger partial charge in [0.2, 0.25) is 17.6 Å². The molecule has 1 aromatic carbocycles. The first-order chi connectivity index (χ1) is 17.6. The molecule has 0 spiro atoms. The molecule has 10 nitrogen and oxygen atoms in total. The number of carbonyl (C=O) groups is 2. The summed E-state index contributed by atoms with van der Waals surface area (Å²) in [6.07, 6.45) is 5.34. The van der Waals surface area contributed by atoms with Crippen LogP contribution in [0.15, 0.2) is 24.5 Å². The van der Waals surface area contributed by atoms with Gasteiger partial charge in [0, 0.05) is 44.9 Å². The number of benzene rings is 1. The predicted molar refractivity (Wildman–Crippen MR) is 139 cm³/mol. The van der Waals surface area contributed by atoms with Gasteiger partial charge < -0.3 is 33.7 Å². The highest BCUT2D eigenvalue weighted by Gasteiger charge is 2.31. The molecule has 0 aliphatic carbocycles. The van der Waals surface area contributed by atoms with Crippen molar-refractivity contribution in [3.63, 3.8) is 0 Å². The minimum Gasteiger partial charge on any atom is -0.493 e. The van der Waals surface area contributed by atoms with Crippen molar-refractivity contribution in [3.8, 4) is 17.2 Å². The van der Waals surface area contributed by atoms with E-state index in [2.05, 4.69) is 14.9 Å². The van der Waals surface area contributed by atoms with Gasteiger partial charge in [0.25, 0.3) is 0 Å². The van der Waals surface area contributed by atoms with E-state index >= 15 is 0 Å². The number of imidazole rings is 1. The van der Waals surface area contributed by atoms with Crippen LogP contribution in [-0.2, 0) is 20.9 Å². The van der Waals surface area contributed by atoms with Crippen molar-refractivity contribution in [3.05, 3.63) is 35.9 Å². The minimum absolute atomic E-state index is 0.112. The van der Waals surface area contributed by atoms with E-state index in [1.807, 2.05) is 50.2 Å². The number of aromatic nitrogens is 2. The van der Waals surface area contributed by atoms with E-state index in [-0.39, 0.29) is 24.3 Å². The zero-order valence-corrected chi connectivity index (χ0v) is 23.0.